The highest BCUT2D eigenvalue weighted by Crippen LogP contribution is 2.53. The molecular formula is C48H60N4+2. The van der Waals surface area contributed by atoms with Gasteiger partial charge in [0.1, 0.15) is 35.5 Å². The SMILES string of the molecule is CCC1(C)c2ccccc2-c2n(-c3c(C(C)C)cc(-c4ccccc4)cc3C(C)C)cc[n+]2C1(CC)CCC1N(C)C=C[N+]1(C)c1ccccc1C. The Balaban J connectivity index is 1.43. The molecule has 0 saturated heterocycles. The quantitative estimate of drug-likeness (QED) is 0.105. The normalized spacial score (nSPS) is 23.8. The van der Waals surface area contributed by atoms with Crippen LogP contribution < -0.4 is 9.05 Å². The minimum Gasteiger partial charge on any atom is -0.326 e. The monoisotopic (exact) mass is 692 g/mol. The van der Waals surface area contributed by atoms with E-state index in [1.54, 1.807) is 0 Å². The highest BCUT2D eigenvalue weighted by Gasteiger charge is 2.58. The molecule has 0 aliphatic carbocycles. The van der Waals surface area contributed by atoms with Gasteiger partial charge in [-0.2, -0.15) is 4.57 Å². The topological polar surface area (TPSA) is 12.0 Å². The summed E-state index contributed by atoms with van der Waals surface area (Å²) in [6, 6.07) is 34.1. The Labute approximate surface area is 313 Å². The molecule has 0 amide bonds. The fourth-order valence-electron chi connectivity index (χ4n) is 10.1. The number of hydrogen-bond acceptors (Lipinski definition) is 1. The second kappa shape index (κ2) is 13.5. The summed E-state index contributed by atoms with van der Waals surface area (Å²) in [6.45, 7) is 19.1. The zero-order valence-electron chi connectivity index (χ0n) is 33.3. The van der Waals surface area contributed by atoms with Crippen LogP contribution in [0.4, 0.5) is 5.69 Å². The number of rotatable bonds is 10. The fourth-order valence-corrected chi connectivity index (χ4v) is 10.1. The Hall–Kier alpha value is -4.41. The number of imidazole rings is 1. The predicted octanol–water partition coefficient (Wildman–Crippen LogP) is 11.6. The third-order valence-corrected chi connectivity index (χ3v) is 13.3. The molecule has 270 valence electrons. The number of hydrogen-bond donors (Lipinski definition) is 0. The van der Waals surface area contributed by atoms with Crippen molar-refractivity contribution in [3.63, 3.8) is 0 Å². The Kier molecular flexibility index (Phi) is 9.36. The maximum absolute atomic E-state index is 2.73. The van der Waals surface area contributed by atoms with E-state index in [1.165, 1.54) is 56.1 Å². The van der Waals surface area contributed by atoms with Gasteiger partial charge in [-0.3, -0.25) is 0 Å². The van der Waals surface area contributed by atoms with Gasteiger partial charge in [0.05, 0.1) is 18.8 Å². The minimum atomic E-state index is -0.128. The molecule has 0 spiro atoms. The summed E-state index contributed by atoms with van der Waals surface area (Å²) in [5.41, 5.74) is 12.1. The van der Waals surface area contributed by atoms with Gasteiger partial charge < -0.3 is 4.90 Å². The summed E-state index contributed by atoms with van der Waals surface area (Å²) in [6.07, 6.45) is 14.1. The lowest BCUT2D eigenvalue weighted by Gasteiger charge is -2.50. The molecule has 4 heteroatoms. The lowest BCUT2D eigenvalue weighted by Crippen LogP contribution is -2.69. The first-order valence-corrected chi connectivity index (χ1v) is 19.7. The van der Waals surface area contributed by atoms with Crippen LogP contribution in [0.25, 0.3) is 28.2 Å². The molecule has 4 unspecified atom stereocenters. The zero-order chi connectivity index (χ0) is 37.0. The van der Waals surface area contributed by atoms with Crippen LogP contribution in [0.2, 0.25) is 0 Å². The third-order valence-electron chi connectivity index (χ3n) is 13.3. The molecule has 0 N–H and O–H groups in total. The second-order valence-corrected chi connectivity index (χ2v) is 16.6. The Bertz CT molecular complexity index is 2080. The van der Waals surface area contributed by atoms with E-state index in [9.17, 15) is 0 Å². The van der Waals surface area contributed by atoms with E-state index in [0.717, 1.165) is 30.2 Å². The van der Waals surface area contributed by atoms with E-state index in [2.05, 4.69) is 199 Å². The lowest BCUT2D eigenvalue weighted by atomic mass is 9.58. The molecule has 0 fully saturated rings. The molecular weight excluding hydrogens is 633 g/mol. The van der Waals surface area contributed by atoms with Crippen molar-refractivity contribution in [2.45, 2.75) is 110 Å². The van der Waals surface area contributed by atoms with Crippen LogP contribution in [0.15, 0.2) is 116 Å². The van der Waals surface area contributed by atoms with E-state index in [4.69, 9.17) is 0 Å². The van der Waals surface area contributed by atoms with Crippen LogP contribution in [0.1, 0.15) is 108 Å². The third kappa shape index (κ3) is 5.40. The van der Waals surface area contributed by atoms with E-state index >= 15 is 0 Å². The maximum atomic E-state index is 2.73. The van der Waals surface area contributed by atoms with Gasteiger partial charge in [0, 0.05) is 35.6 Å². The number of para-hydroxylation sites is 1. The Morgan fingerprint density at radius 1 is 0.808 bits per heavy atom. The number of benzene rings is 4. The summed E-state index contributed by atoms with van der Waals surface area (Å²) in [5.74, 6) is 2.03. The van der Waals surface area contributed by atoms with Crippen LogP contribution >= 0.6 is 0 Å². The van der Waals surface area contributed by atoms with Crippen molar-refractivity contribution >= 4 is 5.69 Å². The van der Waals surface area contributed by atoms with Crippen LogP contribution in [0.5, 0.6) is 0 Å². The van der Waals surface area contributed by atoms with Gasteiger partial charge in [-0.25, -0.2) is 9.05 Å². The van der Waals surface area contributed by atoms with Gasteiger partial charge in [0.15, 0.2) is 6.17 Å². The number of nitrogens with zero attached hydrogens (tertiary/aromatic N) is 4. The van der Waals surface area contributed by atoms with Crippen molar-refractivity contribution < 1.29 is 4.57 Å². The molecule has 4 atom stereocenters. The zero-order valence-corrected chi connectivity index (χ0v) is 33.3. The molecule has 4 aromatic carbocycles. The van der Waals surface area contributed by atoms with E-state index in [1.807, 2.05) is 0 Å². The molecule has 2 aliphatic rings. The van der Waals surface area contributed by atoms with E-state index in [0.29, 0.717) is 18.0 Å². The van der Waals surface area contributed by atoms with Crippen molar-refractivity contribution in [3.8, 4) is 28.2 Å². The predicted molar refractivity (Wildman–Crippen MR) is 220 cm³/mol. The number of fused-ring (bicyclic) bond motifs is 3. The molecule has 0 bridgehead atoms. The van der Waals surface area contributed by atoms with Crippen molar-refractivity contribution in [1.82, 2.24) is 14.0 Å². The standard InChI is InChI=1S/C48H60N4/c1-11-47(8)42-24-18-17-23-39(42)46-50(45-40(34(3)4)32-38(33-41(45)35(5)6)37-21-14-13-15-22-37)28-29-51(46)48(47,12-2)27-26-44-49(9)30-31-52(44,10)43-25-19-16-20-36(43)7/h13-25,28-35,44H,11-12,26-27H2,1-10H3/q+2. The Morgan fingerprint density at radius 3 is 2.08 bits per heavy atom. The van der Waals surface area contributed by atoms with Gasteiger partial charge >= 0.3 is 0 Å². The fraction of sp³-hybridized carbons (Fsp3) is 0.396. The number of aryl methyl sites for hydroxylation is 1. The smallest absolute Gasteiger partial charge is 0.294 e. The summed E-state index contributed by atoms with van der Waals surface area (Å²) in [7, 11) is 4.67. The van der Waals surface area contributed by atoms with Crippen molar-refractivity contribution in [2.75, 3.05) is 14.1 Å². The first-order valence-electron chi connectivity index (χ1n) is 19.7. The number of aromatic nitrogens is 2. The van der Waals surface area contributed by atoms with E-state index < -0.39 is 0 Å². The van der Waals surface area contributed by atoms with Crippen LogP contribution in [-0.2, 0) is 11.0 Å². The van der Waals surface area contributed by atoms with Crippen molar-refractivity contribution in [2.24, 2.45) is 0 Å². The molecule has 7 rings (SSSR count). The summed E-state index contributed by atoms with van der Waals surface area (Å²) < 4.78 is 6.11. The molecule has 1 aromatic heterocycles. The van der Waals surface area contributed by atoms with Crippen LogP contribution in [0.3, 0.4) is 0 Å². The molecule has 0 saturated carbocycles. The highest BCUT2D eigenvalue weighted by atomic mass is 15.5. The summed E-state index contributed by atoms with van der Waals surface area (Å²) >= 11 is 0. The maximum Gasteiger partial charge on any atom is 0.294 e. The minimum absolute atomic E-state index is 0.0578. The first kappa shape index (κ1) is 36.0. The molecule has 0 radical (unpaired) electrons. The molecule has 52 heavy (non-hydrogen) atoms. The van der Waals surface area contributed by atoms with Gasteiger partial charge in [-0.15, -0.1) is 0 Å². The average Bonchev–Trinajstić information content (AvgIpc) is 3.72. The molecule has 3 heterocycles. The summed E-state index contributed by atoms with van der Waals surface area (Å²) in [5, 5.41) is 0. The number of quaternary nitrogens is 1. The van der Waals surface area contributed by atoms with Crippen LogP contribution in [-0.4, -0.2) is 29.7 Å². The van der Waals surface area contributed by atoms with Crippen LogP contribution in [0, 0.1) is 6.92 Å². The van der Waals surface area contributed by atoms with Gasteiger partial charge in [-0.1, -0.05) is 115 Å². The van der Waals surface area contributed by atoms with Gasteiger partial charge in [-0.05, 0) is 79.0 Å². The molecule has 5 aromatic rings. The largest absolute Gasteiger partial charge is 0.326 e. The lowest BCUT2D eigenvalue weighted by molar-refractivity contribution is -0.769. The van der Waals surface area contributed by atoms with Crippen molar-refractivity contribution in [3.05, 3.63) is 138 Å². The molecule has 4 nitrogen and oxygen atoms in total. The van der Waals surface area contributed by atoms with Gasteiger partial charge in [0.25, 0.3) is 5.82 Å². The second-order valence-electron chi connectivity index (χ2n) is 16.6. The molecule has 2 aliphatic heterocycles. The summed E-state index contributed by atoms with van der Waals surface area (Å²) in [4.78, 5) is 2.46. The Morgan fingerprint density at radius 2 is 1.44 bits per heavy atom. The van der Waals surface area contributed by atoms with Crippen molar-refractivity contribution in [1.29, 1.82) is 0 Å². The van der Waals surface area contributed by atoms with E-state index in [-0.39, 0.29) is 11.0 Å². The first-order chi connectivity index (χ1) is 24.9. The highest BCUT2D eigenvalue weighted by molar-refractivity contribution is 5.72. The average molecular weight is 693 g/mol. The van der Waals surface area contributed by atoms with Gasteiger partial charge in [0.2, 0.25) is 0 Å².